The highest BCUT2D eigenvalue weighted by molar-refractivity contribution is 6.01. The first-order valence-corrected chi connectivity index (χ1v) is 8.06. The van der Waals surface area contributed by atoms with Crippen LogP contribution in [0, 0.1) is 0 Å². The van der Waals surface area contributed by atoms with Crippen LogP contribution in [0.3, 0.4) is 0 Å². The summed E-state index contributed by atoms with van der Waals surface area (Å²) in [7, 11) is 3.98. The molecule has 0 aromatic heterocycles. The Kier molecular flexibility index (Phi) is 4.88. The van der Waals surface area contributed by atoms with Crippen molar-refractivity contribution in [3.8, 4) is 11.5 Å². The predicted molar refractivity (Wildman–Crippen MR) is 97.9 cm³/mol. The third kappa shape index (κ3) is 3.91. The summed E-state index contributed by atoms with van der Waals surface area (Å²) in [6.45, 7) is 2.86. The van der Waals surface area contributed by atoms with Crippen molar-refractivity contribution in [2.45, 2.75) is 6.92 Å². The quantitative estimate of drug-likeness (QED) is 0.687. The van der Waals surface area contributed by atoms with Crippen molar-refractivity contribution in [3.05, 3.63) is 53.6 Å². The molecule has 2 aromatic rings. The second-order valence-corrected chi connectivity index (χ2v) is 5.94. The van der Waals surface area contributed by atoms with Crippen LogP contribution in [0.2, 0.25) is 0 Å². The van der Waals surface area contributed by atoms with Crippen LogP contribution in [0.5, 0.6) is 11.5 Å². The van der Waals surface area contributed by atoms with Gasteiger partial charge in [0.05, 0.1) is 5.71 Å². The zero-order valence-corrected chi connectivity index (χ0v) is 14.6. The Morgan fingerprint density at radius 1 is 1.00 bits per heavy atom. The number of hydrogen-bond donors (Lipinski definition) is 1. The molecular weight excluding hydrogens is 318 g/mol. The second kappa shape index (κ2) is 7.25. The Morgan fingerprint density at radius 2 is 1.64 bits per heavy atom. The monoisotopic (exact) mass is 339 g/mol. The first-order chi connectivity index (χ1) is 12.0. The Labute approximate surface area is 147 Å². The number of rotatable bonds is 4. The first kappa shape index (κ1) is 16.8. The van der Waals surface area contributed by atoms with Crippen molar-refractivity contribution in [1.29, 1.82) is 0 Å². The van der Waals surface area contributed by atoms with E-state index in [1.807, 2.05) is 50.2 Å². The van der Waals surface area contributed by atoms with E-state index in [2.05, 4.69) is 10.5 Å². The molecule has 0 radical (unpaired) electrons. The van der Waals surface area contributed by atoms with Crippen LogP contribution in [0.1, 0.15) is 22.8 Å². The molecule has 1 amide bonds. The van der Waals surface area contributed by atoms with E-state index in [-0.39, 0.29) is 5.91 Å². The number of amides is 1. The topological polar surface area (TPSA) is 63.2 Å². The lowest BCUT2D eigenvalue weighted by atomic mass is 10.1. The van der Waals surface area contributed by atoms with Crippen molar-refractivity contribution in [1.82, 2.24) is 5.43 Å². The van der Waals surface area contributed by atoms with Crippen molar-refractivity contribution in [3.63, 3.8) is 0 Å². The lowest BCUT2D eigenvalue weighted by Gasteiger charge is -2.18. The number of carbonyl (C=O) groups excluding carboxylic acids is 1. The summed E-state index contributed by atoms with van der Waals surface area (Å²) in [5, 5.41) is 4.19. The minimum absolute atomic E-state index is 0.291. The number of nitrogens with zero attached hydrogens (tertiary/aromatic N) is 2. The van der Waals surface area contributed by atoms with Gasteiger partial charge < -0.3 is 14.4 Å². The average molecular weight is 339 g/mol. The standard InChI is InChI=1S/C19H21N3O3/c1-13(14-4-7-16(8-5-14)22(2)3)20-21-19(23)15-6-9-17-18(12-15)25-11-10-24-17/h4-9,12H,10-11H2,1-3H3,(H,21,23)/b20-13+. The number of fused-ring (bicyclic) bond motifs is 1. The van der Waals surface area contributed by atoms with Crippen LogP contribution in [0.15, 0.2) is 47.6 Å². The molecule has 1 heterocycles. The van der Waals surface area contributed by atoms with Crippen molar-refractivity contribution >= 4 is 17.3 Å². The van der Waals surface area contributed by atoms with Gasteiger partial charge in [0.2, 0.25) is 0 Å². The normalized spacial score (nSPS) is 13.3. The summed E-state index contributed by atoms with van der Waals surface area (Å²) < 4.78 is 10.9. The van der Waals surface area contributed by atoms with E-state index in [1.54, 1.807) is 18.2 Å². The molecule has 0 spiro atoms. The summed E-state index contributed by atoms with van der Waals surface area (Å²) in [4.78, 5) is 14.3. The molecule has 25 heavy (non-hydrogen) atoms. The van der Waals surface area contributed by atoms with E-state index in [4.69, 9.17) is 9.47 Å². The van der Waals surface area contributed by atoms with Crippen LogP contribution in [-0.4, -0.2) is 38.9 Å². The van der Waals surface area contributed by atoms with Gasteiger partial charge in [-0.25, -0.2) is 5.43 Å². The molecule has 0 saturated heterocycles. The molecule has 6 heteroatoms. The van der Waals surface area contributed by atoms with Gasteiger partial charge in [0.1, 0.15) is 13.2 Å². The summed E-state index contributed by atoms with van der Waals surface area (Å²) >= 11 is 0. The number of hydrazone groups is 1. The maximum absolute atomic E-state index is 12.3. The molecule has 0 saturated carbocycles. The van der Waals surface area contributed by atoms with E-state index in [1.165, 1.54) is 0 Å². The number of carbonyl (C=O) groups is 1. The molecule has 0 unspecified atom stereocenters. The maximum Gasteiger partial charge on any atom is 0.271 e. The molecule has 0 bridgehead atoms. The number of ether oxygens (including phenoxy) is 2. The van der Waals surface area contributed by atoms with Gasteiger partial charge in [-0.3, -0.25) is 4.79 Å². The molecule has 1 aliphatic rings. The molecule has 3 rings (SSSR count). The van der Waals surface area contributed by atoms with Crippen LogP contribution in [0.25, 0.3) is 0 Å². The van der Waals surface area contributed by atoms with Gasteiger partial charge in [-0.05, 0) is 42.8 Å². The third-order valence-electron chi connectivity index (χ3n) is 3.93. The fourth-order valence-corrected chi connectivity index (χ4v) is 2.45. The molecular formula is C19H21N3O3. The third-order valence-corrected chi connectivity index (χ3v) is 3.93. The minimum Gasteiger partial charge on any atom is -0.486 e. The summed E-state index contributed by atoms with van der Waals surface area (Å²) in [5.41, 5.74) is 5.85. The minimum atomic E-state index is -0.291. The molecule has 2 aromatic carbocycles. The van der Waals surface area contributed by atoms with Crippen molar-refractivity contribution in [2.75, 3.05) is 32.2 Å². The highest BCUT2D eigenvalue weighted by atomic mass is 16.6. The Hall–Kier alpha value is -3.02. The van der Waals surface area contributed by atoms with Crippen LogP contribution in [0.4, 0.5) is 5.69 Å². The van der Waals surface area contributed by atoms with Gasteiger partial charge in [-0.1, -0.05) is 12.1 Å². The van der Waals surface area contributed by atoms with E-state index < -0.39 is 0 Å². The average Bonchev–Trinajstić information content (AvgIpc) is 2.65. The summed E-state index contributed by atoms with van der Waals surface area (Å²) in [5.74, 6) is 0.948. The molecule has 6 nitrogen and oxygen atoms in total. The van der Waals surface area contributed by atoms with E-state index >= 15 is 0 Å². The molecule has 1 aliphatic heterocycles. The predicted octanol–water partition coefficient (Wildman–Crippen LogP) is 2.68. The van der Waals surface area contributed by atoms with E-state index in [0.29, 0.717) is 30.3 Å². The van der Waals surface area contributed by atoms with Crippen LogP contribution < -0.4 is 19.8 Å². The molecule has 1 N–H and O–H groups in total. The number of anilines is 1. The van der Waals surface area contributed by atoms with Gasteiger partial charge in [0.15, 0.2) is 11.5 Å². The fourth-order valence-electron chi connectivity index (χ4n) is 2.45. The number of nitrogens with one attached hydrogen (secondary N) is 1. The Balaban J connectivity index is 1.69. The fraction of sp³-hybridized carbons (Fsp3) is 0.263. The number of benzene rings is 2. The van der Waals surface area contributed by atoms with Crippen LogP contribution >= 0.6 is 0 Å². The molecule has 0 atom stereocenters. The SMILES string of the molecule is C/C(=N\NC(=O)c1ccc2c(c1)OCCO2)c1ccc(N(C)C)cc1. The van der Waals surface area contributed by atoms with E-state index in [9.17, 15) is 4.79 Å². The largest absolute Gasteiger partial charge is 0.486 e. The van der Waals surface area contributed by atoms with Gasteiger partial charge in [0.25, 0.3) is 5.91 Å². The van der Waals surface area contributed by atoms with Crippen molar-refractivity contribution in [2.24, 2.45) is 5.10 Å². The van der Waals surface area contributed by atoms with E-state index in [0.717, 1.165) is 17.0 Å². The van der Waals surface area contributed by atoms with Gasteiger partial charge in [-0.2, -0.15) is 5.10 Å². The highest BCUT2D eigenvalue weighted by Crippen LogP contribution is 2.30. The summed E-state index contributed by atoms with van der Waals surface area (Å²) in [6.07, 6.45) is 0. The van der Waals surface area contributed by atoms with Crippen molar-refractivity contribution < 1.29 is 14.3 Å². The highest BCUT2D eigenvalue weighted by Gasteiger charge is 2.14. The summed E-state index contributed by atoms with van der Waals surface area (Å²) in [6, 6.07) is 13.1. The second-order valence-electron chi connectivity index (χ2n) is 5.94. The lowest BCUT2D eigenvalue weighted by Crippen LogP contribution is -2.20. The smallest absolute Gasteiger partial charge is 0.271 e. The molecule has 0 aliphatic carbocycles. The zero-order valence-electron chi connectivity index (χ0n) is 14.6. The van der Waals surface area contributed by atoms with Gasteiger partial charge >= 0.3 is 0 Å². The lowest BCUT2D eigenvalue weighted by molar-refractivity contribution is 0.0953. The first-order valence-electron chi connectivity index (χ1n) is 8.06. The molecule has 130 valence electrons. The number of hydrogen-bond acceptors (Lipinski definition) is 5. The Bertz CT molecular complexity index is 798. The maximum atomic E-state index is 12.3. The van der Waals surface area contributed by atoms with Gasteiger partial charge in [-0.15, -0.1) is 0 Å². The van der Waals surface area contributed by atoms with Gasteiger partial charge in [0, 0.05) is 25.3 Å². The van der Waals surface area contributed by atoms with Crippen LogP contribution in [-0.2, 0) is 0 Å². The Morgan fingerprint density at radius 3 is 2.32 bits per heavy atom. The molecule has 0 fully saturated rings. The zero-order chi connectivity index (χ0) is 17.8.